The molecule has 1 aliphatic carbocycles. The van der Waals surface area contributed by atoms with E-state index in [1.165, 1.54) is 0 Å². The van der Waals surface area contributed by atoms with Gasteiger partial charge in [-0.2, -0.15) is 0 Å². The number of pyridine rings is 1. The summed E-state index contributed by atoms with van der Waals surface area (Å²) in [4.78, 5) is 55.7. The zero-order valence-corrected chi connectivity index (χ0v) is 18.3. The lowest BCUT2D eigenvalue weighted by atomic mass is 9.69. The van der Waals surface area contributed by atoms with Crippen LogP contribution < -0.4 is 17.0 Å². The zero-order valence-electron chi connectivity index (χ0n) is 18.3. The highest BCUT2D eigenvalue weighted by Gasteiger charge is 2.48. The predicted molar refractivity (Wildman–Crippen MR) is 117 cm³/mol. The normalized spacial score (nSPS) is 24.2. The first-order valence-electron chi connectivity index (χ1n) is 11.0. The van der Waals surface area contributed by atoms with Gasteiger partial charge in [-0.3, -0.25) is 24.2 Å². The Morgan fingerprint density at radius 2 is 1.88 bits per heavy atom. The lowest BCUT2D eigenvalue weighted by molar-refractivity contribution is -0.138. The SMILES string of the molecule is CCCCN1C(=O)C(=C(N)N)C(=O)N(C2CCC(CO)(Cc3ccc[nH]c3=O)CC2)C1=O. The van der Waals surface area contributed by atoms with Gasteiger partial charge in [-0.15, -0.1) is 0 Å². The summed E-state index contributed by atoms with van der Waals surface area (Å²) in [6.07, 6.45) is 5.23. The molecule has 2 heterocycles. The van der Waals surface area contributed by atoms with Crippen molar-refractivity contribution in [2.24, 2.45) is 16.9 Å². The molecule has 4 amide bonds. The fourth-order valence-corrected chi connectivity index (χ4v) is 4.60. The van der Waals surface area contributed by atoms with Gasteiger partial charge >= 0.3 is 6.03 Å². The first-order chi connectivity index (χ1) is 15.2. The van der Waals surface area contributed by atoms with Gasteiger partial charge in [0.15, 0.2) is 0 Å². The molecule has 1 saturated carbocycles. The second kappa shape index (κ2) is 9.56. The Morgan fingerprint density at radius 3 is 2.44 bits per heavy atom. The molecule has 0 radical (unpaired) electrons. The van der Waals surface area contributed by atoms with Gasteiger partial charge in [0.2, 0.25) is 0 Å². The van der Waals surface area contributed by atoms with Crippen molar-refractivity contribution in [2.45, 2.75) is 57.9 Å². The van der Waals surface area contributed by atoms with Crippen molar-refractivity contribution in [2.75, 3.05) is 13.2 Å². The largest absolute Gasteiger partial charge is 0.396 e. The summed E-state index contributed by atoms with van der Waals surface area (Å²) in [5.74, 6) is -1.93. The van der Waals surface area contributed by atoms with E-state index in [-0.39, 0.29) is 24.3 Å². The molecule has 174 valence electrons. The molecule has 0 spiro atoms. The van der Waals surface area contributed by atoms with Gasteiger partial charge in [0, 0.05) is 31.0 Å². The number of unbranched alkanes of at least 4 members (excludes halogenated alkanes) is 1. The van der Waals surface area contributed by atoms with E-state index in [0.717, 1.165) is 16.2 Å². The molecule has 0 unspecified atom stereocenters. The molecule has 2 aliphatic rings. The van der Waals surface area contributed by atoms with Crippen LogP contribution in [-0.2, 0) is 16.0 Å². The van der Waals surface area contributed by atoms with Gasteiger partial charge in [-0.05, 0) is 50.0 Å². The number of aliphatic hydroxyl groups excluding tert-OH is 1. The van der Waals surface area contributed by atoms with Crippen LogP contribution in [0, 0.1) is 5.41 Å². The molecule has 0 bridgehead atoms. The molecule has 10 nitrogen and oxygen atoms in total. The molecule has 1 aromatic rings. The Labute approximate surface area is 186 Å². The molecular weight excluding hydrogens is 414 g/mol. The van der Waals surface area contributed by atoms with Crippen LogP contribution in [0.25, 0.3) is 0 Å². The van der Waals surface area contributed by atoms with E-state index in [2.05, 4.69) is 4.98 Å². The van der Waals surface area contributed by atoms with E-state index in [0.29, 0.717) is 44.1 Å². The van der Waals surface area contributed by atoms with Crippen LogP contribution in [0.2, 0.25) is 0 Å². The van der Waals surface area contributed by atoms with E-state index in [1.54, 1.807) is 18.3 Å². The summed E-state index contributed by atoms with van der Waals surface area (Å²) in [6, 6.07) is 2.37. The monoisotopic (exact) mass is 445 g/mol. The zero-order chi connectivity index (χ0) is 23.5. The van der Waals surface area contributed by atoms with Crippen LogP contribution >= 0.6 is 0 Å². The van der Waals surface area contributed by atoms with Gasteiger partial charge in [-0.1, -0.05) is 19.4 Å². The van der Waals surface area contributed by atoms with Crippen LogP contribution in [0.3, 0.4) is 0 Å². The minimum atomic E-state index is -0.770. The maximum Gasteiger partial charge on any atom is 0.334 e. The number of nitrogens with two attached hydrogens (primary N) is 2. The molecular formula is C22H31N5O5. The molecule has 10 heteroatoms. The highest BCUT2D eigenvalue weighted by molar-refractivity contribution is 6.29. The highest BCUT2D eigenvalue weighted by atomic mass is 16.3. The average molecular weight is 446 g/mol. The fourth-order valence-electron chi connectivity index (χ4n) is 4.60. The first-order valence-corrected chi connectivity index (χ1v) is 11.0. The summed E-state index contributed by atoms with van der Waals surface area (Å²) in [6.45, 7) is 2.00. The molecule has 1 aromatic heterocycles. The fraction of sp³-hybridized carbons (Fsp3) is 0.545. The summed E-state index contributed by atoms with van der Waals surface area (Å²) < 4.78 is 0. The quantitative estimate of drug-likeness (QED) is 0.352. The molecule has 2 fully saturated rings. The van der Waals surface area contributed by atoms with Gasteiger partial charge in [0.1, 0.15) is 11.4 Å². The van der Waals surface area contributed by atoms with E-state index < -0.39 is 35.1 Å². The standard InChI is InChI=1S/C22H31N5O5/c1-2-3-11-26-19(30)16(17(23)24)20(31)27(21(26)32)15-6-8-22(13-28,9-7-15)12-14-5-4-10-25-18(14)29/h4-5,10,15,28H,2-3,6-9,11-13,23-24H2,1H3,(H,25,29). The van der Waals surface area contributed by atoms with Crippen LogP contribution in [0.1, 0.15) is 51.0 Å². The van der Waals surface area contributed by atoms with E-state index in [4.69, 9.17) is 11.5 Å². The number of H-pyrrole nitrogens is 1. The van der Waals surface area contributed by atoms with Crippen molar-refractivity contribution in [3.8, 4) is 0 Å². The summed E-state index contributed by atoms with van der Waals surface area (Å²) in [5, 5.41) is 10.1. The van der Waals surface area contributed by atoms with E-state index in [9.17, 15) is 24.3 Å². The number of carbonyl (C=O) groups is 3. The Kier molecular flexibility index (Phi) is 7.02. The Bertz CT molecular complexity index is 973. The second-order valence-electron chi connectivity index (χ2n) is 8.69. The smallest absolute Gasteiger partial charge is 0.334 e. The highest BCUT2D eigenvalue weighted by Crippen LogP contribution is 2.41. The Morgan fingerprint density at radius 1 is 1.19 bits per heavy atom. The van der Waals surface area contributed by atoms with Crippen molar-refractivity contribution in [1.82, 2.24) is 14.8 Å². The number of barbiturate groups is 1. The van der Waals surface area contributed by atoms with Gasteiger partial charge in [0.05, 0.1) is 0 Å². The lowest BCUT2D eigenvalue weighted by Crippen LogP contribution is -2.61. The van der Waals surface area contributed by atoms with E-state index >= 15 is 0 Å². The second-order valence-corrected chi connectivity index (χ2v) is 8.69. The van der Waals surface area contributed by atoms with Crippen molar-refractivity contribution in [3.05, 3.63) is 45.6 Å². The number of hydrogen-bond donors (Lipinski definition) is 4. The maximum atomic E-state index is 13.1. The average Bonchev–Trinajstić information content (AvgIpc) is 2.76. The molecule has 0 aromatic carbocycles. The van der Waals surface area contributed by atoms with Crippen molar-refractivity contribution in [3.63, 3.8) is 0 Å². The molecule has 32 heavy (non-hydrogen) atoms. The minimum absolute atomic E-state index is 0.113. The van der Waals surface area contributed by atoms with Gasteiger partial charge < -0.3 is 21.6 Å². The number of imide groups is 2. The van der Waals surface area contributed by atoms with Crippen LogP contribution in [0.5, 0.6) is 0 Å². The number of nitrogens with zero attached hydrogens (tertiary/aromatic N) is 2. The van der Waals surface area contributed by atoms with Crippen molar-refractivity contribution < 1.29 is 19.5 Å². The third-order valence-corrected chi connectivity index (χ3v) is 6.53. The number of hydrogen-bond acceptors (Lipinski definition) is 7. The number of rotatable bonds is 7. The van der Waals surface area contributed by atoms with E-state index in [1.807, 2.05) is 6.92 Å². The number of aliphatic hydroxyl groups is 1. The first kappa shape index (κ1) is 23.5. The topological polar surface area (TPSA) is 163 Å². The number of carbonyl (C=O) groups excluding carboxylic acids is 3. The van der Waals surface area contributed by atoms with Crippen molar-refractivity contribution >= 4 is 17.8 Å². The number of urea groups is 1. The van der Waals surface area contributed by atoms with Gasteiger partial charge in [-0.25, -0.2) is 4.79 Å². The molecule has 6 N–H and O–H groups in total. The van der Waals surface area contributed by atoms with Crippen LogP contribution in [0.15, 0.2) is 34.5 Å². The number of aromatic amines is 1. The van der Waals surface area contributed by atoms with Crippen molar-refractivity contribution in [1.29, 1.82) is 0 Å². The number of aromatic nitrogens is 1. The molecule has 1 saturated heterocycles. The lowest BCUT2D eigenvalue weighted by Gasteiger charge is -2.44. The maximum absolute atomic E-state index is 13.1. The Hall–Kier alpha value is -3.14. The summed E-state index contributed by atoms with van der Waals surface area (Å²) in [5.41, 5.74) is 10.8. The van der Waals surface area contributed by atoms with Crippen LogP contribution in [0.4, 0.5) is 4.79 Å². The molecule has 1 aliphatic heterocycles. The van der Waals surface area contributed by atoms with Crippen LogP contribution in [-0.4, -0.2) is 56.9 Å². The third kappa shape index (κ3) is 4.40. The molecule has 0 atom stereocenters. The number of amides is 4. The van der Waals surface area contributed by atoms with Gasteiger partial charge in [0.25, 0.3) is 17.4 Å². The Balaban J connectivity index is 1.82. The molecule has 3 rings (SSSR count). The summed E-state index contributed by atoms with van der Waals surface area (Å²) in [7, 11) is 0. The number of nitrogens with one attached hydrogen (secondary N) is 1. The third-order valence-electron chi connectivity index (χ3n) is 6.53. The summed E-state index contributed by atoms with van der Waals surface area (Å²) >= 11 is 0. The minimum Gasteiger partial charge on any atom is -0.396 e. The predicted octanol–water partition coefficient (Wildman–Crippen LogP) is 0.559.